The van der Waals surface area contributed by atoms with Gasteiger partial charge in [0.05, 0.1) is 13.7 Å². The summed E-state index contributed by atoms with van der Waals surface area (Å²) >= 11 is 0. The molecular formula is C11H18N4O. The van der Waals surface area contributed by atoms with Crippen molar-refractivity contribution in [1.29, 1.82) is 0 Å². The summed E-state index contributed by atoms with van der Waals surface area (Å²) in [6.45, 7) is 3.32. The third-order valence-electron chi connectivity index (χ3n) is 2.03. The zero-order valence-corrected chi connectivity index (χ0v) is 9.66. The fraction of sp³-hybridized carbons (Fsp3) is 0.364. The molecule has 4 N–H and O–H groups in total. The Morgan fingerprint density at radius 3 is 2.94 bits per heavy atom. The van der Waals surface area contributed by atoms with Crippen molar-refractivity contribution in [2.45, 2.75) is 13.5 Å². The van der Waals surface area contributed by atoms with Crippen molar-refractivity contribution in [2.24, 2.45) is 10.8 Å². The van der Waals surface area contributed by atoms with E-state index in [9.17, 15) is 0 Å². The molecule has 0 amide bonds. The van der Waals surface area contributed by atoms with Gasteiger partial charge in [-0.05, 0) is 24.6 Å². The van der Waals surface area contributed by atoms with Gasteiger partial charge in [-0.1, -0.05) is 12.1 Å². The predicted octanol–water partition coefficient (Wildman–Crippen LogP) is 0.624. The number of nitrogens with one attached hydrogen (secondary N) is 2. The minimum absolute atomic E-state index is 0.559. The quantitative estimate of drug-likeness (QED) is 0.302. The first kappa shape index (κ1) is 12.3. The topological polar surface area (TPSA) is 71.7 Å². The Morgan fingerprint density at radius 1 is 1.50 bits per heavy atom. The van der Waals surface area contributed by atoms with Crippen LogP contribution in [0.1, 0.15) is 12.5 Å². The molecule has 0 heterocycles. The molecule has 0 bridgehead atoms. The SMILES string of the molecule is CCNC(=NCc1cccc(OC)c1)NN. The predicted molar refractivity (Wildman–Crippen MR) is 65.1 cm³/mol. The van der Waals surface area contributed by atoms with Crippen LogP contribution in [0.25, 0.3) is 0 Å². The van der Waals surface area contributed by atoms with Crippen LogP contribution < -0.4 is 21.3 Å². The second kappa shape index (κ2) is 6.68. The highest BCUT2D eigenvalue weighted by molar-refractivity contribution is 5.79. The summed E-state index contributed by atoms with van der Waals surface area (Å²) in [6.07, 6.45) is 0. The molecule has 0 atom stereocenters. The fourth-order valence-corrected chi connectivity index (χ4v) is 1.26. The van der Waals surface area contributed by atoms with Gasteiger partial charge < -0.3 is 10.1 Å². The van der Waals surface area contributed by atoms with E-state index < -0.39 is 0 Å². The second-order valence-electron chi connectivity index (χ2n) is 3.19. The Hall–Kier alpha value is -1.75. The lowest BCUT2D eigenvalue weighted by atomic mass is 10.2. The van der Waals surface area contributed by atoms with Crippen molar-refractivity contribution in [3.8, 4) is 5.75 Å². The Labute approximate surface area is 95.7 Å². The van der Waals surface area contributed by atoms with E-state index in [0.29, 0.717) is 12.5 Å². The minimum Gasteiger partial charge on any atom is -0.497 e. The normalized spacial score (nSPS) is 11.1. The minimum atomic E-state index is 0.559. The maximum absolute atomic E-state index is 5.31. The van der Waals surface area contributed by atoms with Gasteiger partial charge >= 0.3 is 0 Å². The number of guanidine groups is 1. The van der Waals surface area contributed by atoms with Gasteiger partial charge in [0.2, 0.25) is 5.96 Å². The molecule has 0 aliphatic rings. The largest absolute Gasteiger partial charge is 0.497 e. The van der Waals surface area contributed by atoms with Crippen molar-refractivity contribution >= 4 is 5.96 Å². The van der Waals surface area contributed by atoms with Crippen molar-refractivity contribution < 1.29 is 4.74 Å². The standard InChI is InChI=1S/C11H18N4O/c1-3-13-11(15-12)14-8-9-5-4-6-10(7-9)16-2/h4-7H,3,8,12H2,1-2H3,(H2,13,14,15). The number of hydrogen-bond donors (Lipinski definition) is 3. The van der Waals surface area contributed by atoms with Crippen molar-refractivity contribution in [1.82, 2.24) is 10.7 Å². The van der Waals surface area contributed by atoms with Crippen LogP contribution in [0.5, 0.6) is 5.75 Å². The molecule has 0 saturated heterocycles. The van der Waals surface area contributed by atoms with Crippen LogP contribution in [-0.2, 0) is 6.54 Å². The summed E-state index contributed by atoms with van der Waals surface area (Å²) in [5.74, 6) is 6.73. The summed E-state index contributed by atoms with van der Waals surface area (Å²) in [6, 6.07) is 7.78. The third kappa shape index (κ3) is 3.78. The van der Waals surface area contributed by atoms with Crippen LogP contribution >= 0.6 is 0 Å². The van der Waals surface area contributed by atoms with Gasteiger partial charge in [0, 0.05) is 6.54 Å². The van der Waals surface area contributed by atoms with Crippen molar-refractivity contribution in [3.63, 3.8) is 0 Å². The summed E-state index contributed by atoms with van der Waals surface area (Å²) in [5, 5.41) is 3.01. The van der Waals surface area contributed by atoms with Gasteiger partial charge in [0.15, 0.2) is 0 Å². The number of rotatable bonds is 4. The molecule has 0 aromatic heterocycles. The van der Waals surface area contributed by atoms with Gasteiger partial charge in [-0.25, -0.2) is 10.8 Å². The molecule has 0 aliphatic heterocycles. The van der Waals surface area contributed by atoms with Crippen LogP contribution in [0, 0.1) is 0 Å². The first-order chi connectivity index (χ1) is 7.80. The summed E-state index contributed by atoms with van der Waals surface area (Å²) < 4.78 is 5.13. The van der Waals surface area contributed by atoms with E-state index in [-0.39, 0.29) is 0 Å². The third-order valence-corrected chi connectivity index (χ3v) is 2.03. The smallest absolute Gasteiger partial charge is 0.206 e. The zero-order valence-electron chi connectivity index (χ0n) is 9.66. The maximum Gasteiger partial charge on any atom is 0.206 e. The molecule has 0 fully saturated rings. The first-order valence-corrected chi connectivity index (χ1v) is 5.18. The maximum atomic E-state index is 5.31. The monoisotopic (exact) mass is 222 g/mol. The summed E-state index contributed by atoms with van der Waals surface area (Å²) in [7, 11) is 1.65. The summed E-state index contributed by atoms with van der Waals surface area (Å²) in [5.41, 5.74) is 3.58. The molecule has 88 valence electrons. The van der Waals surface area contributed by atoms with E-state index in [1.165, 1.54) is 0 Å². The molecule has 5 nitrogen and oxygen atoms in total. The summed E-state index contributed by atoms with van der Waals surface area (Å²) in [4.78, 5) is 4.29. The molecule has 0 unspecified atom stereocenters. The molecule has 16 heavy (non-hydrogen) atoms. The van der Waals surface area contributed by atoms with Gasteiger partial charge in [0.25, 0.3) is 0 Å². The van der Waals surface area contributed by atoms with Gasteiger partial charge in [-0.15, -0.1) is 0 Å². The molecule has 1 aromatic rings. The van der Waals surface area contributed by atoms with Gasteiger partial charge in [-0.2, -0.15) is 0 Å². The molecule has 0 spiro atoms. The molecule has 1 aromatic carbocycles. The number of hydrazine groups is 1. The molecule has 0 saturated carbocycles. The number of aliphatic imine (C=N–C) groups is 1. The number of nitrogens with two attached hydrogens (primary N) is 1. The zero-order chi connectivity index (χ0) is 11.8. The average Bonchev–Trinajstić information content (AvgIpc) is 2.34. The van der Waals surface area contributed by atoms with Crippen molar-refractivity contribution in [2.75, 3.05) is 13.7 Å². The molecule has 1 rings (SSSR count). The van der Waals surface area contributed by atoms with Crippen molar-refractivity contribution in [3.05, 3.63) is 29.8 Å². The van der Waals surface area contributed by atoms with Crippen LogP contribution in [0.15, 0.2) is 29.3 Å². The number of methoxy groups -OCH3 is 1. The number of hydrogen-bond acceptors (Lipinski definition) is 3. The molecule has 5 heteroatoms. The van der Waals surface area contributed by atoms with Crippen LogP contribution in [0.3, 0.4) is 0 Å². The Bertz CT molecular complexity index is 352. The van der Waals surface area contributed by atoms with E-state index in [1.807, 2.05) is 31.2 Å². The van der Waals surface area contributed by atoms with E-state index in [1.54, 1.807) is 7.11 Å². The highest BCUT2D eigenvalue weighted by Gasteiger charge is 1.96. The van der Waals surface area contributed by atoms with E-state index in [0.717, 1.165) is 17.9 Å². The highest BCUT2D eigenvalue weighted by Crippen LogP contribution is 2.12. The Morgan fingerprint density at radius 2 is 2.31 bits per heavy atom. The second-order valence-corrected chi connectivity index (χ2v) is 3.19. The van der Waals surface area contributed by atoms with Crippen LogP contribution in [0.4, 0.5) is 0 Å². The lowest BCUT2D eigenvalue weighted by Gasteiger charge is -2.07. The number of ether oxygens (including phenoxy) is 1. The number of benzene rings is 1. The van der Waals surface area contributed by atoms with Crippen LogP contribution in [0.2, 0.25) is 0 Å². The average molecular weight is 222 g/mol. The first-order valence-electron chi connectivity index (χ1n) is 5.18. The lowest BCUT2D eigenvalue weighted by Crippen LogP contribution is -2.41. The molecular weight excluding hydrogens is 204 g/mol. The number of nitrogens with zero attached hydrogens (tertiary/aromatic N) is 1. The van der Waals surface area contributed by atoms with Crippen LogP contribution in [-0.4, -0.2) is 19.6 Å². The molecule has 0 aliphatic carbocycles. The fourth-order valence-electron chi connectivity index (χ4n) is 1.26. The lowest BCUT2D eigenvalue weighted by molar-refractivity contribution is 0.414. The Kier molecular flexibility index (Phi) is 5.15. The van der Waals surface area contributed by atoms with E-state index in [4.69, 9.17) is 10.6 Å². The van der Waals surface area contributed by atoms with Gasteiger partial charge in [0.1, 0.15) is 5.75 Å². The molecule has 0 radical (unpaired) electrons. The van der Waals surface area contributed by atoms with Gasteiger partial charge in [-0.3, -0.25) is 5.43 Å². The van der Waals surface area contributed by atoms with E-state index in [2.05, 4.69) is 15.7 Å². The van der Waals surface area contributed by atoms with E-state index >= 15 is 0 Å². The Balaban J connectivity index is 2.64. The highest BCUT2D eigenvalue weighted by atomic mass is 16.5.